The van der Waals surface area contributed by atoms with Crippen LogP contribution in [0, 0.1) is 0 Å². The van der Waals surface area contributed by atoms with Gasteiger partial charge in [-0.05, 0) is 42.3 Å². The molecular weight excluding hydrogens is 316 g/mol. The van der Waals surface area contributed by atoms with Gasteiger partial charge in [0, 0.05) is 26.2 Å². The number of nitrogens with one attached hydrogen (secondary N) is 1. The van der Waals surface area contributed by atoms with E-state index in [2.05, 4.69) is 5.32 Å². The SMILES string of the molecule is CCOc1ccc(CN(C)C(=O)Cc2ccc(NC(C)=O)cc2)cc1. The molecule has 0 radical (unpaired) electrons. The zero-order valence-electron chi connectivity index (χ0n) is 14.9. The molecule has 0 unspecified atom stereocenters. The number of ether oxygens (including phenoxy) is 1. The number of likely N-dealkylation sites (N-methyl/N-ethyl adjacent to an activating group) is 1. The third-order valence-corrected chi connectivity index (χ3v) is 3.71. The van der Waals surface area contributed by atoms with E-state index in [4.69, 9.17) is 4.74 Å². The van der Waals surface area contributed by atoms with Crippen molar-refractivity contribution >= 4 is 17.5 Å². The van der Waals surface area contributed by atoms with Crippen LogP contribution in [-0.2, 0) is 22.6 Å². The lowest BCUT2D eigenvalue weighted by molar-refractivity contribution is -0.129. The largest absolute Gasteiger partial charge is 0.494 e. The van der Waals surface area contributed by atoms with Gasteiger partial charge >= 0.3 is 0 Å². The summed E-state index contributed by atoms with van der Waals surface area (Å²) in [5.41, 5.74) is 2.70. The third kappa shape index (κ3) is 5.95. The van der Waals surface area contributed by atoms with Crippen molar-refractivity contribution in [3.8, 4) is 5.75 Å². The van der Waals surface area contributed by atoms with Gasteiger partial charge in [0.1, 0.15) is 5.75 Å². The number of rotatable bonds is 7. The molecule has 2 amide bonds. The maximum atomic E-state index is 12.4. The number of anilines is 1. The van der Waals surface area contributed by atoms with E-state index in [0.29, 0.717) is 19.6 Å². The van der Waals surface area contributed by atoms with Gasteiger partial charge in [-0.15, -0.1) is 0 Å². The smallest absolute Gasteiger partial charge is 0.227 e. The predicted molar refractivity (Wildman–Crippen MR) is 98.5 cm³/mol. The van der Waals surface area contributed by atoms with E-state index in [0.717, 1.165) is 22.6 Å². The molecule has 132 valence electrons. The van der Waals surface area contributed by atoms with Gasteiger partial charge in [0.2, 0.25) is 11.8 Å². The Morgan fingerprint density at radius 1 is 1.00 bits per heavy atom. The molecule has 0 heterocycles. The molecule has 0 aromatic heterocycles. The molecule has 0 aliphatic carbocycles. The fourth-order valence-electron chi connectivity index (χ4n) is 2.44. The summed E-state index contributed by atoms with van der Waals surface area (Å²) in [4.78, 5) is 25.1. The molecule has 2 aromatic rings. The molecule has 25 heavy (non-hydrogen) atoms. The highest BCUT2D eigenvalue weighted by molar-refractivity contribution is 5.88. The minimum Gasteiger partial charge on any atom is -0.494 e. The van der Waals surface area contributed by atoms with E-state index < -0.39 is 0 Å². The topological polar surface area (TPSA) is 58.6 Å². The Balaban J connectivity index is 1.90. The number of hydrogen-bond donors (Lipinski definition) is 1. The quantitative estimate of drug-likeness (QED) is 0.842. The first kappa shape index (κ1) is 18.5. The number of amides is 2. The summed E-state index contributed by atoms with van der Waals surface area (Å²) in [7, 11) is 1.80. The highest BCUT2D eigenvalue weighted by Gasteiger charge is 2.10. The lowest BCUT2D eigenvalue weighted by Gasteiger charge is -2.18. The van der Waals surface area contributed by atoms with Crippen LogP contribution in [0.5, 0.6) is 5.75 Å². The lowest BCUT2D eigenvalue weighted by Crippen LogP contribution is -2.27. The maximum absolute atomic E-state index is 12.4. The first-order valence-corrected chi connectivity index (χ1v) is 8.30. The Kier molecular flexibility index (Phi) is 6.57. The van der Waals surface area contributed by atoms with Crippen LogP contribution in [0.3, 0.4) is 0 Å². The van der Waals surface area contributed by atoms with Crippen LogP contribution in [0.4, 0.5) is 5.69 Å². The standard InChI is InChI=1S/C20H24N2O3/c1-4-25-19-11-7-17(8-12-19)14-22(3)20(24)13-16-5-9-18(10-6-16)21-15(2)23/h5-12H,4,13-14H2,1-3H3,(H,21,23). The summed E-state index contributed by atoms with van der Waals surface area (Å²) < 4.78 is 5.42. The molecule has 5 nitrogen and oxygen atoms in total. The Morgan fingerprint density at radius 3 is 2.16 bits per heavy atom. The van der Waals surface area contributed by atoms with Gasteiger partial charge in [0.15, 0.2) is 0 Å². The third-order valence-electron chi connectivity index (χ3n) is 3.71. The van der Waals surface area contributed by atoms with Gasteiger partial charge in [-0.1, -0.05) is 24.3 Å². The number of nitrogens with zero attached hydrogens (tertiary/aromatic N) is 1. The van der Waals surface area contributed by atoms with Crippen LogP contribution >= 0.6 is 0 Å². The van der Waals surface area contributed by atoms with Crippen molar-refractivity contribution in [2.45, 2.75) is 26.8 Å². The van der Waals surface area contributed by atoms with Gasteiger partial charge in [-0.2, -0.15) is 0 Å². The summed E-state index contributed by atoms with van der Waals surface area (Å²) in [5.74, 6) is 0.763. The molecule has 1 N–H and O–H groups in total. The lowest BCUT2D eigenvalue weighted by atomic mass is 10.1. The second-order valence-corrected chi connectivity index (χ2v) is 5.88. The minimum absolute atomic E-state index is 0.0427. The molecule has 0 spiro atoms. The summed E-state index contributed by atoms with van der Waals surface area (Å²) in [6.45, 7) is 4.60. The number of carbonyl (C=O) groups excluding carboxylic acids is 2. The molecule has 2 aromatic carbocycles. The molecule has 5 heteroatoms. The minimum atomic E-state index is -0.112. The van der Waals surface area contributed by atoms with Crippen molar-refractivity contribution in [2.24, 2.45) is 0 Å². The average molecular weight is 340 g/mol. The summed E-state index contributed by atoms with van der Waals surface area (Å²) in [6, 6.07) is 15.1. The molecule has 0 fully saturated rings. The van der Waals surface area contributed by atoms with Crippen molar-refractivity contribution in [1.82, 2.24) is 4.90 Å². The van der Waals surface area contributed by atoms with E-state index >= 15 is 0 Å². The Labute approximate surface area is 148 Å². The second-order valence-electron chi connectivity index (χ2n) is 5.88. The maximum Gasteiger partial charge on any atom is 0.227 e. The molecule has 0 saturated carbocycles. The van der Waals surface area contributed by atoms with Gasteiger partial charge in [0.25, 0.3) is 0 Å². The van der Waals surface area contributed by atoms with E-state index in [1.807, 2.05) is 43.3 Å². The van der Waals surface area contributed by atoms with Gasteiger partial charge in [0.05, 0.1) is 13.0 Å². The molecule has 0 saturated heterocycles. The van der Waals surface area contributed by atoms with Crippen molar-refractivity contribution in [3.05, 3.63) is 59.7 Å². The predicted octanol–water partition coefficient (Wildman–Crippen LogP) is 3.24. The highest BCUT2D eigenvalue weighted by Crippen LogP contribution is 2.14. The van der Waals surface area contributed by atoms with E-state index in [1.54, 1.807) is 24.1 Å². The van der Waals surface area contributed by atoms with E-state index in [-0.39, 0.29) is 11.8 Å². The molecule has 0 atom stereocenters. The molecule has 0 bridgehead atoms. The fourth-order valence-corrected chi connectivity index (χ4v) is 2.44. The Morgan fingerprint density at radius 2 is 1.60 bits per heavy atom. The van der Waals surface area contributed by atoms with Crippen LogP contribution < -0.4 is 10.1 Å². The van der Waals surface area contributed by atoms with Gasteiger partial charge in [-0.3, -0.25) is 9.59 Å². The number of carbonyl (C=O) groups is 2. The Bertz CT molecular complexity index is 709. The average Bonchev–Trinajstić information content (AvgIpc) is 2.58. The molecule has 0 aliphatic heterocycles. The summed E-state index contributed by atoms with van der Waals surface area (Å²) >= 11 is 0. The van der Waals surface area contributed by atoms with Crippen LogP contribution in [0.15, 0.2) is 48.5 Å². The Hall–Kier alpha value is -2.82. The number of benzene rings is 2. The van der Waals surface area contributed by atoms with Crippen molar-refractivity contribution in [3.63, 3.8) is 0 Å². The highest BCUT2D eigenvalue weighted by atomic mass is 16.5. The van der Waals surface area contributed by atoms with Crippen LogP contribution in [0.25, 0.3) is 0 Å². The first-order chi connectivity index (χ1) is 12.0. The number of hydrogen-bond acceptors (Lipinski definition) is 3. The monoisotopic (exact) mass is 340 g/mol. The summed E-state index contributed by atoms with van der Waals surface area (Å²) in [5, 5.41) is 2.71. The molecular formula is C20H24N2O3. The van der Waals surface area contributed by atoms with Gasteiger partial charge in [-0.25, -0.2) is 0 Å². The van der Waals surface area contributed by atoms with E-state index in [9.17, 15) is 9.59 Å². The molecule has 0 aliphatic rings. The zero-order chi connectivity index (χ0) is 18.2. The van der Waals surface area contributed by atoms with Crippen molar-refractivity contribution in [1.29, 1.82) is 0 Å². The molecule has 2 rings (SSSR count). The van der Waals surface area contributed by atoms with E-state index in [1.165, 1.54) is 6.92 Å². The zero-order valence-corrected chi connectivity index (χ0v) is 14.9. The summed E-state index contributed by atoms with van der Waals surface area (Å²) in [6.07, 6.45) is 0.327. The van der Waals surface area contributed by atoms with Crippen molar-refractivity contribution < 1.29 is 14.3 Å². The van der Waals surface area contributed by atoms with Gasteiger partial charge < -0.3 is 15.0 Å². The first-order valence-electron chi connectivity index (χ1n) is 8.30. The normalized spacial score (nSPS) is 10.2. The van der Waals surface area contributed by atoms with Crippen LogP contribution in [0.1, 0.15) is 25.0 Å². The second kappa shape index (κ2) is 8.87. The van der Waals surface area contributed by atoms with Crippen LogP contribution in [0.2, 0.25) is 0 Å². The fraction of sp³-hybridized carbons (Fsp3) is 0.300. The van der Waals surface area contributed by atoms with Crippen molar-refractivity contribution in [2.75, 3.05) is 19.0 Å². The van der Waals surface area contributed by atoms with Crippen LogP contribution in [-0.4, -0.2) is 30.4 Å².